The number of amides is 1. The fourth-order valence-corrected chi connectivity index (χ4v) is 2.36. The third-order valence-corrected chi connectivity index (χ3v) is 3.88. The summed E-state index contributed by atoms with van der Waals surface area (Å²) in [5.74, 6) is 0.803. The molecule has 0 spiro atoms. The first-order valence-corrected chi connectivity index (χ1v) is 7.56. The highest BCUT2D eigenvalue weighted by Crippen LogP contribution is 2.16. The lowest BCUT2D eigenvalue weighted by atomic mass is 9.96. The maximum Gasteiger partial charge on any atom is 0.222 e. The number of hydrogen-bond donors (Lipinski definition) is 1. The highest BCUT2D eigenvalue weighted by molar-refractivity contribution is 5.75. The van der Waals surface area contributed by atoms with Crippen molar-refractivity contribution in [1.29, 1.82) is 0 Å². The Kier molecular flexibility index (Phi) is 7.31. The number of carbonyl (C=O) groups is 1. The molecule has 0 radical (unpaired) electrons. The lowest BCUT2D eigenvalue weighted by Crippen LogP contribution is -2.26. The van der Waals surface area contributed by atoms with Crippen molar-refractivity contribution in [3.8, 4) is 0 Å². The maximum absolute atomic E-state index is 12.1. The van der Waals surface area contributed by atoms with Crippen LogP contribution < -0.4 is 5.73 Å². The van der Waals surface area contributed by atoms with Crippen molar-refractivity contribution in [3.05, 3.63) is 35.4 Å². The van der Waals surface area contributed by atoms with E-state index in [0.717, 1.165) is 19.3 Å². The zero-order valence-corrected chi connectivity index (χ0v) is 13.1. The van der Waals surface area contributed by atoms with Crippen LogP contribution in [0.15, 0.2) is 24.3 Å². The van der Waals surface area contributed by atoms with E-state index in [1.54, 1.807) is 0 Å². The molecule has 3 nitrogen and oxygen atoms in total. The molecule has 1 aromatic rings. The van der Waals surface area contributed by atoms with E-state index >= 15 is 0 Å². The van der Waals surface area contributed by atoms with Crippen LogP contribution in [0.2, 0.25) is 0 Å². The van der Waals surface area contributed by atoms with Crippen molar-refractivity contribution >= 4 is 5.91 Å². The summed E-state index contributed by atoms with van der Waals surface area (Å²) in [4.78, 5) is 14.0. The molecule has 1 unspecified atom stereocenters. The van der Waals surface area contributed by atoms with E-state index in [1.165, 1.54) is 11.1 Å². The van der Waals surface area contributed by atoms with Crippen molar-refractivity contribution in [3.63, 3.8) is 0 Å². The molecule has 3 heteroatoms. The largest absolute Gasteiger partial charge is 0.341 e. The Morgan fingerprint density at radius 1 is 1.25 bits per heavy atom. The quantitative estimate of drug-likeness (QED) is 0.793. The number of hydrogen-bond acceptors (Lipinski definition) is 2. The van der Waals surface area contributed by atoms with E-state index in [4.69, 9.17) is 5.73 Å². The number of nitrogens with two attached hydrogens (primary N) is 1. The summed E-state index contributed by atoms with van der Waals surface area (Å²) < 4.78 is 0. The van der Waals surface area contributed by atoms with Gasteiger partial charge in [-0.1, -0.05) is 43.2 Å². The molecule has 1 rings (SSSR count). The van der Waals surface area contributed by atoms with Crippen molar-refractivity contribution in [2.75, 3.05) is 13.6 Å². The molecule has 0 fully saturated rings. The zero-order chi connectivity index (χ0) is 15.0. The first-order valence-electron chi connectivity index (χ1n) is 7.56. The van der Waals surface area contributed by atoms with Gasteiger partial charge >= 0.3 is 0 Å². The molecule has 0 aliphatic heterocycles. The van der Waals surface area contributed by atoms with Gasteiger partial charge in [0, 0.05) is 20.0 Å². The molecular weight excluding hydrogens is 248 g/mol. The molecule has 0 heterocycles. The van der Waals surface area contributed by atoms with Crippen LogP contribution in [0.1, 0.15) is 43.7 Å². The lowest BCUT2D eigenvalue weighted by molar-refractivity contribution is -0.130. The van der Waals surface area contributed by atoms with Gasteiger partial charge < -0.3 is 10.6 Å². The smallest absolute Gasteiger partial charge is 0.222 e. The third kappa shape index (κ3) is 5.74. The first-order chi connectivity index (χ1) is 9.56. The second-order valence-corrected chi connectivity index (χ2v) is 5.63. The fourth-order valence-electron chi connectivity index (χ4n) is 2.36. The van der Waals surface area contributed by atoms with E-state index in [-0.39, 0.29) is 5.91 Å². The van der Waals surface area contributed by atoms with Crippen LogP contribution in [0, 0.1) is 12.8 Å². The van der Waals surface area contributed by atoms with E-state index in [1.807, 2.05) is 11.9 Å². The first kappa shape index (κ1) is 16.7. The maximum atomic E-state index is 12.1. The number of benzene rings is 1. The minimum atomic E-state index is 0.223. The van der Waals surface area contributed by atoms with Crippen LogP contribution in [-0.4, -0.2) is 24.4 Å². The summed E-state index contributed by atoms with van der Waals surface area (Å²) in [5, 5.41) is 0. The standard InChI is InChI=1S/C17H28N2O/c1-4-15(11-12-18)9-10-17(20)19(3)13-16-7-5-14(2)6-8-16/h5-8,15H,4,9-13,18H2,1-3H3. The molecule has 20 heavy (non-hydrogen) atoms. The van der Waals surface area contributed by atoms with E-state index in [9.17, 15) is 4.79 Å². The van der Waals surface area contributed by atoms with Gasteiger partial charge in [0.2, 0.25) is 5.91 Å². The number of carbonyl (C=O) groups excluding carboxylic acids is 1. The summed E-state index contributed by atoms with van der Waals surface area (Å²) in [7, 11) is 1.88. The molecule has 0 aliphatic rings. The Bertz CT molecular complexity index is 400. The van der Waals surface area contributed by atoms with Crippen LogP contribution in [0.5, 0.6) is 0 Å². The van der Waals surface area contributed by atoms with E-state index < -0.39 is 0 Å². The normalized spacial score (nSPS) is 12.2. The predicted molar refractivity (Wildman–Crippen MR) is 84.3 cm³/mol. The Morgan fingerprint density at radius 3 is 2.45 bits per heavy atom. The molecule has 2 N–H and O–H groups in total. The second-order valence-electron chi connectivity index (χ2n) is 5.63. The molecule has 1 aromatic carbocycles. The summed E-state index contributed by atoms with van der Waals surface area (Å²) in [6, 6.07) is 8.34. The van der Waals surface area contributed by atoms with Gasteiger partial charge in [-0.3, -0.25) is 4.79 Å². The fraction of sp³-hybridized carbons (Fsp3) is 0.588. The Labute approximate surface area is 123 Å². The van der Waals surface area contributed by atoms with Crippen LogP contribution in [0.25, 0.3) is 0 Å². The Morgan fingerprint density at radius 2 is 1.90 bits per heavy atom. The summed E-state index contributed by atoms with van der Waals surface area (Å²) in [6.07, 6.45) is 3.70. The highest BCUT2D eigenvalue weighted by Gasteiger charge is 2.12. The summed E-state index contributed by atoms with van der Waals surface area (Å²) in [6.45, 7) is 5.64. The number of nitrogens with zero attached hydrogens (tertiary/aromatic N) is 1. The second kappa shape index (κ2) is 8.75. The van der Waals surface area contributed by atoms with Gasteiger partial charge in [0.15, 0.2) is 0 Å². The highest BCUT2D eigenvalue weighted by atomic mass is 16.2. The molecule has 0 aliphatic carbocycles. The van der Waals surface area contributed by atoms with Gasteiger partial charge in [-0.25, -0.2) is 0 Å². The van der Waals surface area contributed by atoms with Crippen molar-refractivity contribution in [2.45, 2.75) is 46.1 Å². The Balaban J connectivity index is 2.40. The average molecular weight is 276 g/mol. The minimum Gasteiger partial charge on any atom is -0.341 e. The monoisotopic (exact) mass is 276 g/mol. The number of aryl methyl sites for hydroxylation is 1. The molecule has 0 saturated carbocycles. The number of rotatable bonds is 8. The molecular formula is C17H28N2O. The van der Waals surface area contributed by atoms with Crippen LogP contribution in [-0.2, 0) is 11.3 Å². The lowest BCUT2D eigenvalue weighted by Gasteiger charge is -2.19. The van der Waals surface area contributed by atoms with Crippen LogP contribution in [0.4, 0.5) is 0 Å². The van der Waals surface area contributed by atoms with Crippen LogP contribution in [0.3, 0.4) is 0 Å². The van der Waals surface area contributed by atoms with Gasteiger partial charge in [-0.05, 0) is 37.8 Å². The van der Waals surface area contributed by atoms with E-state index in [2.05, 4.69) is 38.1 Å². The zero-order valence-electron chi connectivity index (χ0n) is 13.1. The predicted octanol–water partition coefficient (Wildman–Crippen LogP) is 3.11. The molecule has 112 valence electrons. The van der Waals surface area contributed by atoms with Gasteiger partial charge in [0.05, 0.1) is 0 Å². The van der Waals surface area contributed by atoms with Crippen molar-refractivity contribution < 1.29 is 4.79 Å². The minimum absolute atomic E-state index is 0.223. The molecule has 0 bridgehead atoms. The Hall–Kier alpha value is -1.35. The SMILES string of the molecule is CCC(CCN)CCC(=O)N(C)Cc1ccc(C)cc1. The molecule has 1 amide bonds. The van der Waals surface area contributed by atoms with E-state index in [0.29, 0.717) is 25.4 Å². The van der Waals surface area contributed by atoms with Crippen LogP contribution >= 0.6 is 0 Å². The summed E-state index contributed by atoms with van der Waals surface area (Å²) in [5.41, 5.74) is 8.02. The average Bonchev–Trinajstić information content (AvgIpc) is 2.45. The van der Waals surface area contributed by atoms with Gasteiger partial charge in [-0.15, -0.1) is 0 Å². The van der Waals surface area contributed by atoms with Gasteiger partial charge in [-0.2, -0.15) is 0 Å². The molecule has 0 aromatic heterocycles. The summed E-state index contributed by atoms with van der Waals surface area (Å²) >= 11 is 0. The van der Waals surface area contributed by atoms with Gasteiger partial charge in [0.25, 0.3) is 0 Å². The van der Waals surface area contributed by atoms with Crippen molar-refractivity contribution in [2.24, 2.45) is 11.7 Å². The van der Waals surface area contributed by atoms with Crippen molar-refractivity contribution in [1.82, 2.24) is 4.90 Å². The third-order valence-electron chi connectivity index (χ3n) is 3.88. The molecule has 1 atom stereocenters. The topological polar surface area (TPSA) is 46.3 Å². The molecule has 0 saturated heterocycles. The van der Waals surface area contributed by atoms with Gasteiger partial charge in [0.1, 0.15) is 0 Å².